The molecule has 1 N–H and O–H groups in total. The first-order valence-electron chi connectivity index (χ1n) is 9.34. The molecule has 1 saturated heterocycles. The van der Waals surface area contributed by atoms with Crippen LogP contribution >= 0.6 is 0 Å². The number of rotatable bonds is 6. The average molecular weight is 405 g/mol. The minimum Gasteiger partial charge on any atom is -0.493 e. The second-order valence-corrected chi connectivity index (χ2v) is 6.43. The van der Waals surface area contributed by atoms with Gasteiger partial charge in [-0.25, -0.2) is 4.98 Å². The van der Waals surface area contributed by atoms with Crippen LogP contribution in [0.4, 0.5) is 14.6 Å². The molecule has 1 fully saturated rings. The van der Waals surface area contributed by atoms with Crippen molar-refractivity contribution in [3.8, 4) is 11.5 Å². The van der Waals surface area contributed by atoms with Gasteiger partial charge in [-0.1, -0.05) is 12.1 Å². The van der Waals surface area contributed by atoms with E-state index in [1.54, 1.807) is 31.4 Å². The lowest BCUT2D eigenvalue weighted by atomic mass is 10.2. The Morgan fingerprint density at radius 3 is 2.59 bits per heavy atom. The van der Waals surface area contributed by atoms with Crippen molar-refractivity contribution >= 4 is 11.8 Å². The van der Waals surface area contributed by atoms with Crippen LogP contribution in [0.2, 0.25) is 0 Å². The fourth-order valence-corrected chi connectivity index (χ4v) is 3.22. The number of benzene rings is 1. The highest BCUT2D eigenvalue weighted by atomic mass is 19.3. The molecule has 3 rings (SSSR count). The maximum atomic E-state index is 12.6. The average Bonchev–Trinajstić information content (AvgIpc) is 2.75. The number of piperazine rings is 1. The molecule has 1 aromatic heterocycles. The summed E-state index contributed by atoms with van der Waals surface area (Å²) in [4.78, 5) is 13.2. The number of guanidine groups is 1. The van der Waals surface area contributed by atoms with Gasteiger partial charge in [0.05, 0.1) is 7.11 Å². The van der Waals surface area contributed by atoms with Crippen LogP contribution in [0.1, 0.15) is 5.56 Å². The SMILES string of the molecule is CN=C(NCc1ccc(OC)c(OC(F)F)c1)N1CCN(c2ccccn2)CC1. The lowest BCUT2D eigenvalue weighted by Crippen LogP contribution is -2.52. The Morgan fingerprint density at radius 2 is 1.97 bits per heavy atom. The summed E-state index contributed by atoms with van der Waals surface area (Å²) < 4.78 is 34.8. The minimum atomic E-state index is -2.91. The molecule has 1 aliphatic rings. The molecule has 0 bridgehead atoms. The zero-order chi connectivity index (χ0) is 20.6. The van der Waals surface area contributed by atoms with E-state index < -0.39 is 6.61 Å². The molecule has 9 heteroatoms. The maximum absolute atomic E-state index is 12.6. The topological polar surface area (TPSA) is 62.2 Å². The van der Waals surface area contributed by atoms with Gasteiger partial charge in [-0.05, 0) is 29.8 Å². The van der Waals surface area contributed by atoms with E-state index in [0.29, 0.717) is 6.54 Å². The molecule has 1 aliphatic heterocycles. The number of halogens is 2. The van der Waals surface area contributed by atoms with Gasteiger partial charge in [-0.15, -0.1) is 0 Å². The Kier molecular flexibility index (Phi) is 7.04. The Labute approximate surface area is 169 Å². The Morgan fingerprint density at radius 1 is 1.17 bits per heavy atom. The van der Waals surface area contributed by atoms with Crippen LogP contribution < -0.4 is 19.7 Å². The van der Waals surface area contributed by atoms with Crippen molar-refractivity contribution in [2.45, 2.75) is 13.2 Å². The summed E-state index contributed by atoms with van der Waals surface area (Å²) in [6, 6.07) is 10.9. The zero-order valence-corrected chi connectivity index (χ0v) is 16.5. The summed E-state index contributed by atoms with van der Waals surface area (Å²) in [5, 5.41) is 3.29. The summed E-state index contributed by atoms with van der Waals surface area (Å²) >= 11 is 0. The first-order chi connectivity index (χ1) is 14.1. The van der Waals surface area contributed by atoms with Crippen molar-refractivity contribution in [1.82, 2.24) is 15.2 Å². The molecule has 0 saturated carbocycles. The third-order valence-corrected chi connectivity index (χ3v) is 4.66. The fourth-order valence-electron chi connectivity index (χ4n) is 3.22. The predicted molar refractivity (Wildman–Crippen MR) is 108 cm³/mol. The van der Waals surface area contributed by atoms with E-state index >= 15 is 0 Å². The van der Waals surface area contributed by atoms with E-state index in [-0.39, 0.29) is 11.5 Å². The summed E-state index contributed by atoms with van der Waals surface area (Å²) in [5.41, 5.74) is 0.787. The van der Waals surface area contributed by atoms with Crippen molar-refractivity contribution in [1.29, 1.82) is 0 Å². The van der Waals surface area contributed by atoms with Gasteiger partial charge in [0.25, 0.3) is 0 Å². The third-order valence-electron chi connectivity index (χ3n) is 4.66. The van der Waals surface area contributed by atoms with E-state index in [1.165, 1.54) is 7.11 Å². The van der Waals surface area contributed by atoms with E-state index in [4.69, 9.17) is 4.74 Å². The number of ether oxygens (including phenoxy) is 2. The van der Waals surface area contributed by atoms with Crippen LogP contribution in [-0.2, 0) is 6.54 Å². The van der Waals surface area contributed by atoms with Crippen molar-refractivity contribution in [2.75, 3.05) is 45.2 Å². The minimum absolute atomic E-state index is 0.0146. The van der Waals surface area contributed by atoms with E-state index in [0.717, 1.165) is 43.5 Å². The molecular formula is C20H25F2N5O2. The van der Waals surface area contributed by atoms with Crippen LogP contribution in [0.3, 0.4) is 0 Å². The number of nitrogens with one attached hydrogen (secondary N) is 1. The van der Waals surface area contributed by atoms with Crippen LogP contribution in [0.25, 0.3) is 0 Å². The lowest BCUT2D eigenvalue weighted by molar-refractivity contribution is -0.0512. The highest BCUT2D eigenvalue weighted by Gasteiger charge is 2.20. The summed E-state index contributed by atoms with van der Waals surface area (Å²) in [7, 11) is 3.14. The predicted octanol–water partition coefficient (Wildman–Crippen LogP) is 2.59. The number of methoxy groups -OCH3 is 1. The van der Waals surface area contributed by atoms with Gasteiger partial charge in [-0.3, -0.25) is 4.99 Å². The first-order valence-corrected chi connectivity index (χ1v) is 9.34. The summed E-state index contributed by atoms with van der Waals surface area (Å²) in [6.45, 7) is 0.808. The molecule has 1 aromatic carbocycles. The Hall–Kier alpha value is -3.10. The van der Waals surface area contributed by atoms with Gasteiger partial charge in [0, 0.05) is 46.0 Å². The summed E-state index contributed by atoms with van der Waals surface area (Å²) in [6.07, 6.45) is 1.79. The molecule has 0 unspecified atom stereocenters. The van der Waals surface area contributed by atoms with Gasteiger partial charge >= 0.3 is 6.61 Å². The molecule has 0 aliphatic carbocycles. The zero-order valence-electron chi connectivity index (χ0n) is 16.5. The van der Waals surface area contributed by atoms with Gasteiger partial charge in [-0.2, -0.15) is 8.78 Å². The van der Waals surface area contributed by atoms with Crippen molar-refractivity contribution < 1.29 is 18.3 Å². The molecule has 0 amide bonds. The number of aromatic nitrogens is 1. The van der Waals surface area contributed by atoms with Crippen molar-refractivity contribution in [3.05, 3.63) is 48.2 Å². The largest absolute Gasteiger partial charge is 0.493 e. The van der Waals surface area contributed by atoms with Crippen LogP contribution in [0, 0.1) is 0 Å². The molecule has 0 spiro atoms. The van der Waals surface area contributed by atoms with Gasteiger partial charge in [0.1, 0.15) is 5.82 Å². The normalized spacial score (nSPS) is 14.9. The van der Waals surface area contributed by atoms with E-state index in [1.807, 2.05) is 18.2 Å². The third kappa shape index (κ3) is 5.46. The highest BCUT2D eigenvalue weighted by molar-refractivity contribution is 5.80. The second kappa shape index (κ2) is 9.90. The van der Waals surface area contributed by atoms with Gasteiger partial charge < -0.3 is 24.6 Å². The number of aliphatic imine (C=N–C) groups is 1. The molecular weight excluding hydrogens is 380 g/mol. The highest BCUT2D eigenvalue weighted by Crippen LogP contribution is 2.29. The number of anilines is 1. The second-order valence-electron chi connectivity index (χ2n) is 6.43. The van der Waals surface area contributed by atoms with Gasteiger partial charge in [0.15, 0.2) is 17.5 Å². The molecule has 7 nitrogen and oxygen atoms in total. The van der Waals surface area contributed by atoms with Crippen LogP contribution in [0.5, 0.6) is 11.5 Å². The van der Waals surface area contributed by atoms with Crippen LogP contribution in [-0.4, -0.2) is 62.8 Å². The fraction of sp³-hybridized carbons (Fsp3) is 0.400. The van der Waals surface area contributed by atoms with E-state index in [9.17, 15) is 8.78 Å². The number of nitrogens with zero attached hydrogens (tertiary/aromatic N) is 4. The number of pyridine rings is 1. The monoisotopic (exact) mass is 405 g/mol. The Bertz CT molecular complexity index is 812. The first kappa shape index (κ1) is 20.6. The van der Waals surface area contributed by atoms with E-state index in [2.05, 4.69) is 29.8 Å². The molecule has 2 heterocycles. The number of hydrogen-bond acceptors (Lipinski definition) is 5. The Balaban J connectivity index is 1.57. The number of alkyl halides is 2. The standard InChI is InChI=1S/C20H25F2N5O2/c1-23-20(27-11-9-26(10-12-27)18-5-3-4-8-24-18)25-14-15-6-7-16(28-2)17(13-15)29-19(21)22/h3-8,13,19H,9-12,14H2,1-2H3,(H,23,25). The molecule has 29 heavy (non-hydrogen) atoms. The molecule has 0 atom stereocenters. The molecule has 0 radical (unpaired) electrons. The van der Waals surface area contributed by atoms with Crippen LogP contribution in [0.15, 0.2) is 47.6 Å². The van der Waals surface area contributed by atoms with Gasteiger partial charge in [0.2, 0.25) is 0 Å². The van der Waals surface area contributed by atoms with Crippen molar-refractivity contribution in [2.24, 2.45) is 4.99 Å². The molecule has 156 valence electrons. The lowest BCUT2D eigenvalue weighted by Gasteiger charge is -2.37. The van der Waals surface area contributed by atoms with Crippen molar-refractivity contribution in [3.63, 3.8) is 0 Å². The number of hydrogen-bond donors (Lipinski definition) is 1. The quantitative estimate of drug-likeness (QED) is 0.589. The summed E-state index contributed by atoms with van der Waals surface area (Å²) in [5.74, 6) is 2.02. The smallest absolute Gasteiger partial charge is 0.387 e. The molecule has 2 aromatic rings. The maximum Gasteiger partial charge on any atom is 0.387 e.